The second-order valence-corrected chi connectivity index (χ2v) is 8.26. The molecule has 0 radical (unpaired) electrons. The van der Waals surface area contributed by atoms with Crippen LogP contribution in [0, 0.1) is 11.8 Å². The number of ether oxygens (including phenoxy) is 1. The molecule has 0 N–H and O–H groups in total. The highest BCUT2D eigenvalue weighted by Gasteiger charge is 2.37. The van der Waals surface area contributed by atoms with E-state index in [0.29, 0.717) is 28.3 Å². The third-order valence-corrected chi connectivity index (χ3v) is 5.77. The monoisotopic (exact) mass is 458 g/mol. The van der Waals surface area contributed by atoms with E-state index in [1.807, 2.05) is 42.5 Å². The molecule has 1 unspecified atom stereocenters. The lowest BCUT2D eigenvalue weighted by molar-refractivity contribution is 0.0630. The van der Waals surface area contributed by atoms with Crippen LogP contribution < -0.4 is 4.74 Å². The number of carbonyl (C=O) groups is 2. The summed E-state index contributed by atoms with van der Waals surface area (Å²) in [6.07, 6.45) is 2.48. The molecule has 3 aromatic carbocycles. The molecule has 1 atom stereocenters. The summed E-state index contributed by atoms with van der Waals surface area (Å²) < 4.78 is 5.85. The van der Waals surface area contributed by atoms with Gasteiger partial charge in [0, 0.05) is 17.8 Å². The molecular formula is C30H22N2O3. The SMILES string of the molecule is CC(C#Cc1ccc(Oc2ccc(Cc3ccccc3)cc2)nc1)N1C(=O)c2ccccc2C1=O. The lowest BCUT2D eigenvalue weighted by Gasteiger charge is -2.17. The number of rotatable bonds is 5. The standard InChI is InChI=1S/C30H22N2O3/c1-21(32-29(33)26-9-5-6-10-27(26)30(32)34)11-12-24-15-18-28(31-20-24)35-25-16-13-23(14-17-25)19-22-7-3-2-4-8-22/h2-10,13-18,20-21H,19H2,1H3. The zero-order valence-corrected chi connectivity index (χ0v) is 19.1. The van der Waals surface area contributed by atoms with Crippen LogP contribution in [0.1, 0.15) is 44.3 Å². The van der Waals surface area contributed by atoms with Crippen molar-refractivity contribution in [1.82, 2.24) is 9.88 Å². The van der Waals surface area contributed by atoms with Gasteiger partial charge in [-0.1, -0.05) is 66.4 Å². The van der Waals surface area contributed by atoms with E-state index < -0.39 is 6.04 Å². The summed E-state index contributed by atoms with van der Waals surface area (Å²) in [5.74, 6) is 6.51. The zero-order chi connectivity index (χ0) is 24.2. The van der Waals surface area contributed by atoms with Gasteiger partial charge in [-0.3, -0.25) is 14.5 Å². The molecule has 0 saturated carbocycles. The Morgan fingerprint density at radius 1 is 0.800 bits per heavy atom. The van der Waals surface area contributed by atoms with Crippen LogP contribution in [0.2, 0.25) is 0 Å². The van der Waals surface area contributed by atoms with Crippen LogP contribution in [0.4, 0.5) is 0 Å². The van der Waals surface area contributed by atoms with Gasteiger partial charge in [0.15, 0.2) is 0 Å². The molecule has 5 rings (SSSR count). The summed E-state index contributed by atoms with van der Waals surface area (Å²) in [6, 6.07) is 28.1. The second-order valence-electron chi connectivity index (χ2n) is 8.26. The number of imide groups is 1. The number of amides is 2. The molecule has 0 saturated heterocycles. The largest absolute Gasteiger partial charge is 0.439 e. The molecule has 1 aliphatic rings. The second kappa shape index (κ2) is 9.66. The minimum absolute atomic E-state index is 0.316. The molecule has 35 heavy (non-hydrogen) atoms. The molecule has 170 valence electrons. The highest BCUT2D eigenvalue weighted by atomic mass is 16.5. The van der Waals surface area contributed by atoms with Crippen molar-refractivity contribution in [2.75, 3.05) is 0 Å². The van der Waals surface area contributed by atoms with Crippen molar-refractivity contribution in [1.29, 1.82) is 0 Å². The van der Waals surface area contributed by atoms with Crippen LogP contribution in [0.25, 0.3) is 0 Å². The maximum absolute atomic E-state index is 12.6. The van der Waals surface area contributed by atoms with Crippen LogP contribution in [0.15, 0.2) is 97.2 Å². The Hall–Kier alpha value is -4.69. The highest BCUT2D eigenvalue weighted by molar-refractivity contribution is 6.21. The summed E-state index contributed by atoms with van der Waals surface area (Å²) >= 11 is 0. The lowest BCUT2D eigenvalue weighted by atomic mass is 10.1. The minimum atomic E-state index is -0.562. The smallest absolute Gasteiger partial charge is 0.262 e. The number of pyridine rings is 1. The molecule has 0 aliphatic carbocycles. The van der Waals surface area contributed by atoms with E-state index in [9.17, 15) is 9.59 Å². The van der Waals surface area contributed by atoms with Gasteiger partial charge in [0.25, 0.3) is 11.8 Å². The van der Waals surface area contributed by atoms with Gasteiger partial charge in [-0.25, -0.2) is 4.98 Å². The third kappa shape index (κ3) is 4.83. The number of nitrogens with zero attached hydrogens (tertiary/aromatic N) is 2. The number of hydrogen-bond donors (Lipinski definition) is 0. The highest BCUT2D eigenvalue weighted by Crippen LogP contribution is 2.24. The predicted octanol–water partition coefficient (Wildman–Crippen LogP) is 5.50. The maximum Gasteiger partial charge on any atom is 0.262 e. The topological polar surface area (TPSA) is 59.5 Å². The molecule has 5 heteroatoms. The summed E-state index contributed by atoms with van der Waals surface area (Å²) in [7, 11) is 0. The average Bonchev–Trinajstić information content (AvgIpc) is 3.15. The van der Waals surface area contributed by atoms with Gasteiger partial charge in [-0.15, -0.1) is 0 Å². The fourth-order valence-corrected chi connectivity index (χ4v) is 3.95. The van der Waals surface area contributed by atoms with Crippen LogP contribution >= 0.6 is 0 Å². The summed E-state index contributed by atoms with van der Waals surface area (Å²) in [4.78, 5) is 30.7. The van der Waals surface area contributed by atoms with E-state index in [4.69, 9.17) is 4.74 Å². The van der Waals surface area contributed by atoms with Gasteiger partial charge >= 0.3 is 0 Å². The van der Waals surface area contributed by atoms with E-state index in [-0.39, 0.29) is 11.8 Å². The van der Waals surface area contributed by atoms with Crippen molar-refractivity contribution in [3.05, 3.63) is 125 Å². The van der Waals surface area contributed by atoms with E-state index in [0.717, 1.165) is 6.42 Å². The van der Waals surface area contributed by atoms with Crippen molar-refractivity contribution >= 4 is 11.8 Å². The Balaban J connectivity index is 1.21. The van der Waals surface area contributed by atoms with Crippen LogP contribution in [0.5, 0.6) is 11.6 Å². The predicted molar refractivity (Wildman–Crippen MR) is 133 cm³/mol. The fraction of sp³-hybridized carbons (Fsp3) is 0.100. The first-order valence-electron chi connectivity index (χ1n) is 11.3. The Morgan fingerprint density at radius 3 is 2.06 bits per heavy atom. The summed E-state index contributed by atoms with van der Waals surface area (Å²) in [5, 5.41) is 0. The number of aromatic nitrogens is 1. The molecule has 0 bridgehead atoms. The van der Waals surface area contributed by atoms with Crippen LogP contribution in [-0.4, -0.2) is 27.7 Å². The first kappa shape index (κ1) is 22.1. The van der Waals surface area contributed by atoms with Gasteiger partial charge in [0.1, 0.15) is 5.75 Å². The quantitative estimate of drug-likeness (QED) is 0.293. The van der Waals surface area contributed by atoms with E-state index >= 15 is 0 Å². The van der Waals surface area contributed by atoms with Crippen LogP contribution in [0.3, 0.4) is 0 Å². The third-order valence-electron chi connectivity index (χ3n) is 5.77. The van der Waals surface area contributed by atoms with Crippen molar-refractivity contribution in [3.63, 3.8) is 0 Å². The first-order chi connectivity index (χ1) is 17.1. The van der Waals surface area contributed by atoms with Gasteiger partial charge in [-0.05, 0) is 54.8 Å². The van der Waals surface area contributed by atoms with Crippen molar-refractivity contribution < 1.29 is 14.3 Å². The maximum atomic E-state index is 12.6. The molecule has 2 amide bonds. The zero-order valence-electron chi connectivity index (χ0n) is 19.1. The van der Waals surface area contributed by atoms with Gasteiger partial charge in [-0.2, -0.15) is 0 Å². The molecule has 0 spiro atoms. The number of hydrogen-bond acceptors (Lipinski definition) is 4. The summed E-state index contributed by atoms with van der Waals surface area (Å²) in [6.45, 7) is 1.74. The Bertz CT molecular complexity index is 1400. The molecular weight excluding hydrogens is 436 g/mol. The van der Waals surface area contributed by atoms with Crippen molar-refractivity contribution in [3.8, 4) is 23.5 Å². The number of benzene rings is 3. The Labute approximate surface area is 204 Å². The molecule has 1 aromatic heterocycles. The fourth-order valence-electron chi connectivity index (χ4n) is 3.95. The molecule has 1 aliphatic heterocycles. The first-order valence-corrected chi connectivity index (χ1v) is 11.3. The number of carbonyl (C=O) groups excluding carboxylic acids is 2. The van der Waals surface area contributed by atoms with E-state index in [2.05, 4.69) is 29.0 Å². The Kier molecular flexibility index (Phi) is 6.11. The van der Waals surface area contributed by atoms with Gasteiger partial charge in [0.2, 0.25) is 5.88 Å². The average molecular weight is 459 g/mol. The van der Waals surface area contributed by atoms with Gasteiger partial charge < -0.3 is 4.74 Å². The van der Waals surface area contributed by atoms with Gasteiger partial charge in [0.05, 0.1) is 17.2 Å². The minimum Gasteiger partial charge on any atom is -0.439 e. The van der Waals surface area contributed by atoms with E-state index in [1.165, 1.54) is 16.0 Å². The van der Waals surface area contributed by atoms with Crippen molar-refractivity contribution in [2.45, 2.75) is 19.4 Å². The van der Waals surface area contributed by atoms with E-state index in [1.54, 1.807) is 49.5 Å². The molecule has 4 aromatic rings. The van der Waals surface area contributed by atoms with Crippen molar-refractivity contribution in [2.24, 2.45) is 0 Å². The number of fused-ring (bicyclic) bond motifs is 1. The molecule has 2 heterocycles. The van der Waals surface area contributed by atoms with Crippen LogP contribution in [-0.2, 0) is 6.42 Å². The Morgan fingerprint density at radius 2 is 1.43 bits per heavy atom. The lowest BCUT2D eigenvalue weighted by Crippen LogP contribution is -2.37. The summed E-state index contributed by atoms with van der Waals surface area (Å²) in [5.41, 5.74) is 3.97. The molecule has 0 fully saturated rings. The normalized spacial score (nSPS) is 13.1. The molecule has 5 nitrogen and oxygen atoms in total.